The molecule has 0 bridgehead atoms. The van der Waals surface area contributed by atoms with E-state index in [4.69, 9.17) is 14.2 Å². The Labute approximate surface area is 175 Å². The van der Waals surface area contributed by atoms with Crippen LogP contribution in [0.5, 0.6) is 17.2 Å². The maximum absolute atomic E-state index is 12.5. The molecule has 2 amide bonds. The lowest BCUT2D eigenvalue weighted by Gasteiger charge is -2.17. The normalized spacial score (nSPS) is 16.0. The minimum absolute atomic E-state index is 0.0993. The fourth-order valence-corrected chi connectivity index (χ4v) is 3.29. The number of amides is 2. The van der Waals surface area contributed by atoms with Gasteiger partial charge in [0.1, 0.15) is 5.75 Å². The number of benzene rings is 2. The summed E-state index contributed by atoms with van der Waals surface area (Å²) < 4.78 is 16.0. The lowest BCUT2D eigenvalue weighted by Crippen LogP contribution is -2.30. The van der Waals surface area contributed by atoms with Crippen LogP contribution in [0.25, 0.3) is 0 Å². The molecule has 1 saturated heterocycles. The first kappa shape index (κ1) is 21.2. The first-order valence-electron chi connectivity index (χ1n) is 9.64. The van der Waals surface area contributed by atoms with Gasteiger partial charge in [-0.3, -0.25) is 9.59 Å². The quantitative estimate of drug-likeness (QED) is 0.533. The van der Waals surface area contributed by atoms with Crippen LogP contribution in [0.4, 0.5) is 5.69 Å². The van der Waals surface area contributed by atoms with Crippen LogP contribution in [0.15, 0.2) is 47.6 Å². The largest absolute Gasteiger partial charge is 0.494 e. The molecule has 0 saturated carbocycles. The van der Waals surface area contributed by atoms with E-state index < -0.39 is 5.92 Å². The van der Waals surface area contributed by atoms with E-state index in [1.165, 1.54) is 13.3 Å². The molecule has 158 valence electrons. The highest BCUT2D eigenvalue weighted by Gasteiger charge is 2.35. The molecule has 1 heterocycles. The number of nitrogens with zero attached hydrogens (tertiary/aromatic N) is 2. The van der Waals surface area contributed by atoms with Crippen molar-refractivity contribution >= 4 is 23.7 Å². The highest BCUT2D eigenvalue weighted by Crippen LogP contribution is 2.29. The van der Waals surface area contributed by atoms with Crippen LogP contribution >= 0.6 is 0 Å². The number of rotatable bonds is 8. The highest BCUT2D eigenvalue weighted by atomic mass is 16.5. The van der Waals surface area contributed by atoms with E-state index in [1.54, 1.807) is 30.2 Å². The maximum Gasteiger partial charge on any atom is 0.245 e. The number of carbonyl (C=O) groups is 2. The Bertz CT molecular complexity index is 927. The van der Waals surface area contributed by atoms with Crippen molar-refractivity contribution in [3.8, 4) is 17.2 Å². The zero-order chi connectivity index (χ0) is 21.5. The Kier molecular flexibility index (Phi) is 6.90. The van der Waals surface area contributed by atoms with E-state index in [1.807, 2.05) is 31.2 Å². The predicted molar refractivity (Wildman–Crippen MR) is 113 cm³/mol. The van der Waals surface area contributed by atoms with E-state index in [2.05, 4.69) is 10.5 Å². The van der Waals surface area contributed by atoms with Crippen molar-refractivity contribution in [3.05, 3.63) is 48.0 Å². The second kappa shape index (κ2) is 9.78. The third-order valence-corrected chi connectivity index (χ3v) is 4.77. The van der Waals surface area contributed by atoms with Crippen molar-refractivity contribution in [2.45, 2.75) is 13.3 Å². The summed E-state index contributed by atoms with van der Waals surface area (Å²) in [6.45, 7) is 2.79. The van der Waals surface area contributed by atoms with Gasteiger partial charge in [-0.05, 0) is 43.3 Å². The molecule has 0 radical (unpaired) electrons. The Hall–Kier alpha value is -3.55. The maximum atomic E-state index is 12.5. The fourth-order valence-electron chi connectivity index (χ4n) is 3.29. The standard InChI is InChI=1S/C22H25N3O5/c1-4-30-18-10-8-17(9-11-18)25-14-16(12-20(25)26)22(27)24-23-13-15-6-5-7-19(28-2)21(15)29-3/h5-11,13,16H,4,12,14H2,1-3H3,(H,24,27)/b23-13-/t16-/m0/s1. The molecule has 0 aliphatic carbocycles. The van der Waals surface area contributed by atoms with Gasteiger partial charge in [-0.25, -0.2) is 5.43 Å². The van der Waals surface area contributed by atoms with Crippen molar-refractivity contribution in [3.63, 3.8) is 0 Å². The second-order valence-electron chi connectivity index (χ2n) is 6.65. The Balaban J connectivity index is 1.62. The number of ether oxygens (including phenoxy) is 3. The van der Waals surface area contributed by atoms with Gasteiger partial charge in [0.2, 0.25) is 11.8 Å². The number of methoxy groups -OCH3 is 2. The van der Waals surface area contributed by atoms with Crippen LogP contribution in [-0.2, 0) is 9.59 Å². The summed E-state index contributed by atoms with van der Waals surface area (Å²) >= 11 is 0. The smallest absolute Gasteiger partial charge is 0.245 e. The van der Waals surface area contributed by atoms with Gasteiger partial charge in [0.15, 0.2) is 11.5 Å². The van der Waals surface area contributed by atoms with Gasteiger partial charge < -0.3 is 19.1 Å². The van der Waals surface area contributed by atoms with Crippen molar-refractivity contribution in [2.75, 3.05) is 32.3 Å². The molecule has 30 heavy (non-hydrogen) atoms. The molecule has 8 heteroatoms. The van der Waals surface area contributed by atoms with E-state index in [0.717, 1.165) is 11.4 Å². The summed E-state index contributed by atoms with van der Waals surface area (Å²) in [5.41, 5.74) is 3.92. The summed E-state index contributed by atoms with van der Waals surface area (Å²) in [7, 11) is 3.08. The third-order valence-electron chi connectivity index (χ3n) is 4.77. The van der Waals surface area contributed by atoms with Crippen LogP contribution in [0.2, 0.25) is 0 Å². The van der Waals surface area contributed by atoms with Crippen LogP contribution in [0.1, 0.15) is 18.9 Å². The summed E-state index contributed by atoms with van der Waals surface area (Å²) in [6.07, 6.45) is 1.62. The molecule has 8 nitrogen and oxygen atoms in total. The Morgan fingerprint density at radius 2 is 1.97 bits per heavy atom. The summed E-state index contributed by atoms with van der Waals surface area (Å²) in [5.74, 6) is 0.946. The summed E-state index contributed by atoms with van der Waals surface area (Å²) in [4.78, 5) is 26.5. The molecule has 2 aromatic carbocycles. The van der Waals surface area contributed by atoms with Crippen LogP contribution < -0.4 is 24.5 Å². The number of anilines is 1. The average Bonchev–Trinajstić information content (AvgIpc) is 3.16. The van der Waals surface area contributed by atoms with Crippen molar-refractivity contribution in [2.24, 2.45) is 11.0 Å². The van der Waals surface area contributed by atoms with Gasteiger partial charge in [0, 0.05) is 24.2 Å². The van der Waals surface area contributed by atoms with Crippen molar-refractivity contribution < 1.29 is 23.8 Å². The Morgan fingerprint density at radius 1 is 1.20 bits per heavy atom. The first-order valence-corrected chi connectivity index (χ1v) is 9.64. The zero-order valence-electron chi connectivity index (χ0n) is 17.3. The monoisotopic (exact) mass is 411 g/mol. The lowest BCUT2D eigenvalue weighted by molar-refractivity contribution is -0.126. The van der Waals surface area contributed by atoms with E-state index in [-0.39, 0.29) is 18.2 Å². The molecular formula is C22H25N3O5. The molecular weight excluding hydrogens is 386 g/mol. The molecule has 1 fully saturated rings. The minimum atomic E-state index is -0.478. The van der Waals surface area contributed by atoms with Crippen LogP contribution in [0, 0.1) is 5.92 Å². The van der Waals surface area contributed by atoms with E-state index >= 15 is 0 Å². The molecule has 0 aromatic heterocycles. The fraction of sp³-hybridized carbons (Fsp3) is 0.318. The molecule has 1 N–H and O–H groups in total. The van der Waals surface area contributed by atoms with Crippen LogP contribution in [-0.4, -0.2) is 45.4 Å². The minimum Gasteiger partial charge on any atom is -0.494 e. The SMILES string of the molecule is CCOc1ccc(N2C[C@@H](C(=O)N/N=C\c3cccc(OC)c3OC)CC2=O)cc1. The van der Waals surface area contributed by atoms with Crippen molar-refractivity contribution in [1.82, 2.24) is 5.43 Å². The third kappa shape index (κ3) is 4.71. The molecule has 1 aliphatic rings. The van der Waals surface area contributed by atoms with Crippen molar-refractivity contribution in [1.29, 1.82) is 0 Å². The molecule has 0 unspecified atom stereocenters. The van der Waals surface area contributed by atoms with E-state index in [9.17, 15) is 9.59 Å². The number of hydrogen-bond acceptors (Lipinski definition) is 6. The average molecular weight is 411 g/mol. The number of carbonyl (C=O) groups excluding carboxylic acids is 2. The van der Waals surface area contributed by atoms with Gasteiger partial charge in [-0.2, -0.15) is 5.10 Å². The van der Waals surface area contributed by atoms with Gasteiger partial charge in [-0.1, -0.05) is 6.07 Å². The van der Waals surface area contributed by atoms with Gasteiger partial charge in [-0.15, -0.1) is 0 Å². The second-order valence-corrected chi connectivity index (χ2v) is 6.65. The first-order chi connectivity index (χ1) is 14.6. The van der Waals surface area contributed by atoms with Gasteiger partial charge in [0.25, 0.3) is 0 Å². The van der Waals surface area contributed by atoms with E-state index in [0.29, 0.717) is 30.2 Å². The summed E-state index contributed by atoms with van der Waals surface area (Å²) in [5, 5.41) is 4.02. The number of hydrazone groups is 1. The molecule has 0 spiro atoms. The van der Waals surface area contributed by atoms with Crippen LogP contribution in [0.3, 0.4) is 0 Å². The number of nitrogens with one attached hydrogen (secondary N) is 1. The lowest BCUT2D eigenvalue weighted by atomic mass is 10.1. The molecule has 3 rings (SSSR count). The number of hydrogen-bond donors (Lipinski definition) is 1. The predicted octanol–water partition coefficient (Wildman–Crippen LogP) is 2.61. The molecule has 1 aliphatic heterocycles. The number of para-hydroxylation sites is 1. The topological polar surface area (TPSA) is 89.5 Å². The molecule has 2 aromatic rings. The highest BCUT2D eigenvalue weighted by molar-refractivity contribution is 6.00. The van der Waals surface area contributed by atoms with Gasteiger partial charge in [0.05, 0.1) is 33.0 Å². The zero-order valence-corrected chi connectivity index (χ0v) is 17.3. The summed E-state index contributed by atoms with van der Waals surface area (Å²) in [6, 6.07) is 12.6. The molecule has 1 atom stereocenters. The van der Waals surface area contributed by atoms with Gasteiger partial charge >= 0.3 is 0 Å². The Morgan fingerprint density at radius 3 is 2.63 bits per heavy atom.